The first kappa shape index (κ1) is 69.5. The summed E-state index contributed by atoms with van der Waals surface area (Å²) in [6.07, 6.45) is -11.6. The fraction of sp³-hybridized carbons (Fsp3) is 0.433. The number of aromatic nitrogens is 2. The second kappa shape index (κ2) is 32.2. The molecule has 3 aliphatic rings. The normalized spacial score (nSPS) is 24.5. The van der Waals surface area contributed by atoms with E-state index in [4.69, 9.17) is 25.5 Å². The number of amides is 7. The molecule has 92 heavy (non-hydrogen) atoms. The lowest BCUT2D eigenvalue weighted by atomic mass is 9.99. The number of methoxy groups -OCH3 is 1. The minimum atomic E-state index is -2.16. The zero-order valence-electron chi connectivity index (χ0n) is 49.8. The Morgan fingerprint density at radius 1 is 0.761 bits per heavy atom. The Bertz CT molecular complexity index is 3430. The van der Waals surface area contributed by atoms with Crippen molar-refractivity contribution in [2.45, 2.75) is 112 Å². The van der Waals surface area contributed by atoms with Gasteiger partial charge in [0.05, 0.1) is 37.1 Å². The number of phenolic OH excluding ortho intramolecular Hbond substituents is 1. The van der Waals surface area contributed by atoms with Crippen molar-refractivity contribution in [1.29, 1.82) is 0 Å². The Labute approximate surface area is 534 Å². The largest absolute Gasteiger partial charge is 0.504 e. The van der Waals surface area contributed by atoms with Gasteiger partial charge in [0.1, 0.15) is 52.0 Å². The van der Waals surface area contributed by atoms with Crippen molar-refractivity contribution in [3.8, 4) is 49.5 Å². The maximum absolute atomic E-state index is 14.6. The van der Waals surface area contributed by atoms with Crippen LogP contribution in [0.2, 0.25) is 0 Å². The van der Waals surface area contributed by atoms with Crippen LogP contribution in [0.4, 0.5) is 0 Å². The van der Waals surface area contributed by atoms with E-state index >= 15 is 0 Å². The van der Waals surface area contributed by atoms with Crippen LogP contribution in [0.25, 0.3) is 37.1 Å². The number of nitrogens with zero attached hydrogens (tertiary/aromatic N) is 5. The number of β-amino-alcohol motifs (C(OH)–C–C–N with tert-alkyl or cyclic N) is 1. The molecular formula is C60H70N10O20S2. The molecule has 4 heterocycles. The first-order chi connectivity index (χ1) is 44.1. The van der Waals surface area contributed by atoms with Gasteiger partial charge in [-0.05, 0) is 60.0 Å². The molecule has 492 valence electrons. The maximum Gasteiger partial charge on any atom is 0.261 e. The minimum Gasteiger partial charge on any atom is -0.504 e. The van der Waals surface area contributed by atoms with Gasteiger partial charge in [-0.1, -0.05) is 82.2 Å². The smallest absolute Gasteiger partial charge is 0.261 e. The quantitative estimate of drug-likeness (QED) is 0.0159. The van der Waals surface area contributed by atoms with E-state index in [2.05, 4.69) is 51.0 Å². The van der Waals surface area contributed by atoms with E-state index in [1.54, 1.807) is 19.2 Å². The summed E-state index contributed by atoms with van der Waals surface area (Å²) < 4.78 is 20.2. The van der Waals surface area contributed by atoms with Gasteiger partial charge in [0.15, 0.2) is 17.6 Å². The van der Waals surface area contributed by atoms with Crippen molar-refractivity contribution in [2.75, 3.05) is 46.5 Å². The number of nitrogens with one attached hydrogen (secondary N) is 5. The molecule has 7 amide bonds. The van der Waals surface area contributed by atoms with E-state index < -0.39 is 165 Å². The minimum absolute atomic E-state index is 0.00639. The zero-order valence-corrected chi connectivity index (χ0v) is 51.4. The molecule has 4 aromatic carbocycles. The third-order valence-electron chi connectivity index (χ3n) is 15.6. The maximum atomic E-state index is 14.6. The van der Waals surface area contributed by atoms with Crippen LogP contribution in [0.1, 0.15) is 49.0 Å². The van der Waals surface area contributed by atoms with Gasteiger partial charge >= 0.3 is 0 Å². The third kappa shape index (κ3) is 17.4. The van der Waals surface area contributed by atoms with Crippen LogP contribution in [-0.2, 0) is 49.3 Å². The first-order valence-electron chi connectivity index (χ1n) is 29.0. The number of aromatic hydroxyl groups is 1. The van der Waals surface area contributed by atoms with E-state index in [9.17, 15) is 69.3 Å². The highest BCUT2D eigenvalue weighted by molar-refractivity contribution is 7.90. The van der Waals surface area contributed by atoms with E-state index in [0.717, 1.165) is 57.7 Å². The highest BCUT2D eigenvalue weighted by atomic mass is 32.2. The number of hydrogen-bond donors (Lipinski definition) is 13. The lowest BCUT2D eigenvalue weighted by molar-refractivity contribution is -0.433. The summed E-state index contributed by atoms with van der Waals surface area (Å²) in [6.45, 7) is 8.75. The molecule has 13 atom stereocenters. The second-order valence-electron chi connectivity index (χ2n) is 22.2. The Morgan fingerprint density at radius 2 is 1.38 bits per heavy atom. The molecule has 0 saturated carbocycles. The predicted molar refractivity (Wildman–Crippen MR) is 326 cm³/mol. The van der Waals surface area contributed by atoms with Crippen LogP contribution in [0.5, 0.6) is 17.2 Å². The van der Waals surface area contributed by atoms with Gasteiger partial charge in [0, 0.05) is 81.6 Å². The molecule has 13 N–H and O–H groups in total. The summed E-state index contributed by atoms with van der Waals surface area (Å²) in [6, 6.07) is 13.7. The first-order valence-corrected chi connectivity index (χ1v) is 30.5. The van der Waals surface area contributed by atoms with E-state index in [1.807, 2.05) is 48.5 Å². The number of fused-ring (bicyclic) bond motifs is 2. The summed E-state index contributed by atoms with van der Waals surface area (Å²) >= 11 is 1.36. The van der Waals surface area contributed by atoms with Crippen molar-refractivity contribution in [1.82, 2.24) is 46.6 Å². The van der Waals surface area contributed by atoms with Gasteiger partial charge in [-0.25, -0.2) is 11.8 Å². The molecule has 0 bridgehead atoms. The number of carbonyl (C=O) groups is 7. The molecule has 0 spiro atoms. The number of ether oxygens (including phenoxy) is 2. The Balaban J connectivity index is 1.05. The van der Waals surface area contributed by atoms with Gasteiger partial charge in [-0.3, -0.25) is 33.6 Å². The van der Waals surface area contributed by atoms with Gasteiger partial charge in [-0.2, -0.15) is 0 Å². The average Bonchev–Trinajstić information content (AvgIpc) is 1.63. The lowest BCUT2D eigenvalue weighted by Crippen LogP contribution is -2.64. The van der Waals surface area contributed by atoms with Crippen LogP contribution in [0.3, 0.4) is 0 Å². The lowest BCUT2D eigenvalue weighted by Gasteiger charge is -2.33. The topological polar surface area (TPSA) is 424 Å². The highest BCUT2D eigenvalue weighted by Crippen LogP contribution is 2.34. The molecule has 0 unspecified atom stereocenters. The van der Waals surface area contributed by atoms with E-state index in [1.165, 1.54) is 36.5 Å². The number of aliphatic hydroxyl groups is 6. The molecule has 30 nitrogen and oxygen atoms in total. The standard InChI is InChI=1S/C60H70N10O20S2/c1-30-28-70-50(51(30)77)56(82)62-26-38(72)24-41(63-52(78)35-9-13-37(14-10-35)58-68-67-57(91-58)36-11-7-33(8-12-36)34-15-17-40(18-16-34)87-21-5-20-86-4)53(79)64-47(31(2)71)59(83)69-29-39(73)25-42(69)54(80)65-48(55(81)66-49(60(70)84)45(76)27-61-3)44(75)22-32-6-19-43(74)46(23-32)88-92-90-89-85/h6-19,23,30-31,38-39,41-42,44-45,47-51,71-77,85H,5,20-22,24-29H2,1-2,4H3,(H,62,82)(H,63,78)(H,64,79)(H,65,80)(H,66,81)/t30-,31+,38+,39+,41+,42+,44-,45-,47+,48+,49+,50+,51+/m1/s1. The Hall–Kier alpha value is -8.43. The molecule has 0 radical (unpaired) electrons. The number of phenols is 1. The summed E-state index contributed by atoms with van der Waals surface area (Å²) in [4.78, 5) is 106. The number of hydrogen-bond acceptors (Lipinski definition) is 24. The SMILES string of the molecule is [C-]#[N+]C[C@@H](O)[C@@H]1NC(=O)[C@H]([C@H](O)Cc2ccc(O)c(OSOOO)c2)NC(=O)[C@@H]2C[C@H](O)CN2C(=O)[C@H]([C@H](C)O)NC(=O)[C@@H](NC(=O)c2ccc(-c3nnc(-c4ccc(-c5ccc(OCCCOC)cc5)cc4)s3)cc2)C[C@H](O)CNC(=O)[C@@H]2[C@@H](O)[C@H](C)CN2C1=O. The molecule has 3 aliphatic heterocycles. The fourth-order valence-electron chi connectivity index (χ4n) is 10.7. The summed E-state index contributed by atoms with van der Waals surface area (Å²) in [5.41, 5.74) is 3.44. The van der Waals surface area contributed by atoms with Crippen LogP contribution in [-0.4, -0.2) is 222 Å². The molecule has 5 aromatic rings. The number of benzene rings is 4. The molecular weight excluding hydrogens is 1240 g/mol. The van der Waals surface area contributed by atoms with E-state index in [0.29, 0.717) is 28.8 Å². The third-order valence-corrected chi connectivity index (χ3v) is 17.0. The van der Waals surface area contributed by atoms with E-state index in [-0.39, 0.29) is 35.7 Å². The van der Waals surface area contributed by atoms with Crippen LogP contribution in [0, 0.1) is 12.5 Å². The Morgan fingerprint density at radius 3 is 2.02 bits per heavy atom. The van der Waals surface area contributed by atoms with Crippen molar-refractivity contribution in [3.63, 3.8) is 0 Å². The molecule has 8 rings (SSSR count). The van der Waals surface area contributed by atoms with Crippen molar-refractivity contribution in [2.24, 2.45) is 5.92 Å². The van der Waals surface area contributed by atoms with Gasteiger partial charge in [-0.15, -0.1) is 10.2 Å². The molecule has 3 saturated heterocycles. The Kier molecular flexibility index (Phi) is 24.3. The fourth-order valence-corrected chi connectivity index (χ4v) is 11.8. The van der Waals surface area contributed by atoms with Crippen molar-refractivity contribution < 1.29 is 97.6 Å². The van der Waals surface area contributed by atoms with Crippen LogP contribution >= 0.6 is 23.7 Å². The van der Waals surface area contributed by atoms with Crippen molar-refractivity contribution >= 4 is 65.0 Å². The molecule has 3 fully saturated rings. The number of aliphatic hydroxyl groups excluding tert-OH is 6. The van der Waals surface area contributed by atoms with Crippen molar-refractivity contribution in [3.05, 3.63) is 114 Å². The van der Waals surface area contributed by atoms with Gasteiger partial charge in [0.2, 0.25) is 42.0 Å². The summed E-state index contributed by atoms with van der Waals surface area (Å²) in [7, 11) is 1.64. The second-order valence-corrected chi connectivity index (χ2v) is 23.6. The summed E-state index contributed by atoms with van der Waals surface area (Å²) in [5, 5.41) is 113. The van der Waals surface area contributed by atoms with Gasteiger partial charge in [0.25, 0.3) is 18.2 Å². The van der Waals surface area contributed by atoms with Crippen LogP contribution < -0.4 is 35.5 Å². The van der Waals surface area contributed by atoms with Gasteiger partial charge < -0.3 is 90.6 Å². The summed E-state index contributed by atoms with van der Waals surface area (Å²) in [5.74, 6) is -8.93. The zero-order chi connectivity index (χ0) is 66.3. The molecule has 32 heteroatoms. The average molecular weight is 1320 g/mol. The molecule has 0 aliphatic carbocycles. The molecule has 1 aromatic heterocycles. The number of carbonyl (C=O) groups excluding carboxylic acids is 7. The van der Waals surface area contributed by atoms with Crippen LogP contribution in [0.15, 0.2) is 91.0 Å². The highest BCUT2D eigenvalue weighted by Gasteiger charge is 2.50. The monoisotopic (exact) mass is 1310 g/mol. The predicted octanol–water partition coefficient (Wildman–Crippen LogP) is -0.109. The number of rotatable bonds is 20.